The van der Waals surface area contributed by atoms with Gasteiger partial charge in [-0.25, -0.2) is 4.79 Å². The van der Waals surface area contributed by atoms with Gasteiger partial charge >= 0.3 is 12.0 Å². The molecule has 0 aromatic carbocycles. The van der Waals surface area contributed by atoms with Crippen molar-refractivity contribution in [2.45, 2.75) is 64.5 Å². The number of imide groups is 1. The van der Waals surface area contributed by atoms with E-state index in [9.17, 15) is 19.2 Å². The molecule has 144 valence electrons. The van der Waals surface area contributed by atoms with Gasteiger partial charge in [-0.15, -0.1) is 0 Å². The number of hydrogen-bond acceptors (Lipinski definition) is 5. The molecular weight excluding hydrogens is 338 g/mol. The number of ether oxygens (including phenoxy) is 1. The first-order valence-electron chi connectivity index (χ1n) is 9.19. The summed E-state index contributed by atoms with van der Waals surface area (Å²) in [5.41, 5.74) is -1.01. The van der Waals surface area contributed by atoms with E-state index in [1.165, 1.54) is 0 Å². The Morgan fingerprint density at radius 1 is 1.27 bits per heavy atom. The SMILES string of the molecule is C[C@H]1CC(C)(C)C[C@]2(C1)NC(=O)N(CC(=O)OCC(=O)NC1CC1)C2=O. The molecule has 8 heteroatoms. The lowest BCUT2D eigenvalue weighted by molar-refractivity contribution is -0.151. The Labute approximate surface area is 153 Å². The summed E-state index contributed by atoms with van der Waals surface area (Å²) in [7, 11) is 0. The molecule has 26 heavy (non-hydrogen) atoms. The van der Waals surface area contributed by atoms with Crippen LogP contribution in [0, 0.1) is 11.3 Å². The van der Waals surface area contributed by atoms with Crippen molar-refractivity contribution in [1.29, 1.82) is 0 Å². The lowest BCUT2D eigenvalue weighted by Crippen LogP contribution is -2.54. The van der Waals surface area contributed by atoms with Gasteiger partial charge in [-0.3, -0.25) is 19.3 Å². The van der Waals surface area contributed by atoms with Crippen molar-refractivity contribution in [3.8, 4) is 0 Å². The first-order valence-corrected chi connectivity index (χ1v) is 9.19. The van der Waals surface area contributed by atoms with Crippen LogP contribution in [0.25, 0.3) is 0 Å². The second kappa shape index (κ2) is 6.55. The van der Waals surface area contributed by atoms with Crippen molar-refractivity contribution in [1.82, 2.24) is 15.5 Å². The minimum absolute atomic E-state index is 0.0714. The highest BCUT2D eigenvalue weighted by Gasteiger charge is 2.56. The summed E-state index contributed by atoms with van der Waals surface area (Å²) in [5.74, 6) is -1.21. The van der Waals surface area contributed by atoms with Gasteiger partial charge in [0.05, 0.1) is 0 Å². The van der Waals surface area contributed by atoms with Gasteiger partial charge in [0.1, 0.15) is 12.1 Å². The van der Waals surface area contributed by atoms with Crippen LogP contribution in [0.3, 0.4) is 0 Å². The number of urea groups is 1. The van der Waals surface area contributed by atoms with E-state index in [2.05, 4.69) is 31.4 Å². The molecule has 1 aliphatic heterocycles. The predicted octanol–water partition coefficient (Wildman–Crippen LogP) is 0.945. The average Bonchev–Trinajstić information content (AvgIpc) is 3.28. The maximum atomic E-state index is 12.9. The third kappa shape index (κ3) is 3.99. The second-order valence-electron chi connectivity index (χ2n) is 8.76. The molecule has 3 rings (SSSR count). The Morgan fingerprint density at radius 3 is 2.58 bits per heavy atom. The maximum Gasteiger partial charge on any atom is 0.326 e. The van der Waals surface area contributed by atoms with Crippen LogP contribution >= 0.6 is 0 Å². The van der Waals surface area contributed by atoms with Crippen LogP contribution in [0.4, 0.5) is 4.79 Å². The van der Waals surface area contributed by atoms with Crippen molar-refractivity contribution >= 4 is 23.8 Å². The topological polar surface area (TPSA) is 105 Å². The molecule has 0 aromatic heterocycles. The maximum absolute atomic E-state index is 12.9. The lowest BCUT2D eigenvalue weighted by atomic mass is 9.64. The van der Waals surface area contributed by atoms with Gasteiger partial charge in [-0.2, -0.15) is 0 Å². The Balaban J connectivity index is 1.58. The van der Waals surface area contributed by atoms with Crippen LogP contribution < -0.4 is 10.6 Å². The Bertz CT molecular complexity index is 643. The molecule has 3 fully saturated rings. The number of nitrogens with zero attached hydrogens (tertiary/aromatic N) is 1. The molecule has 2 aliphatic carbocycles. The highest BCUT2D eigenvalue weighted by molar-refractivity contribution is 6.08. The average molecular weight is 365 g/mol. The van der Waals surface area contributed by atoms with Crippen LogP contribution in [0.1, 0.15) is 52.9 Å². The third-order valence-corrected chi connectivity index (χ3v) is 5.22. The molecule has 0 bridgehead atoms. The van der Waals surface area contributed by atoms with Crippen molar-refractivity contribution in [2.75, 3.05) is 13.2 Å². The van der Waals surface area contributed by atoms with Crippen molar-refractivity contribution < 1.29 is 23.9 Å². The first-order chi connectivity index (χ1) is 12.1. The fourth-order valence-corrected chi connectivity index (χ4v) is 4.47. The van der Waals surface area contributed by atoms with Crippen molar-refractivity contribution in [3.05, 3.63) is 0 Å². The van der Waals surface area contributed by atoms with Crippen LogP contribution in [0.15, 0.2) is 0 Å². The molecule has 3 aliphatic rings. The number of carbonyl (C=O) groups is 4. The van der Waals surface area contributed by atoms with Gasteiger partial charge in [0, 0.05) is 6.04 Å². The first kappa shape index (κ1) is 18.7. The van der Waals surface area contributed by atoms with Gasteiger partial charge in [-0.1, -0.05) is 20.8 Å². The summed E-state index contributed by atoms with van der Waals surface area (Å²) < 4.78 is 4.90. The number of hydrogen-bond donors (Lipinski definition) is 2. The summed E-state index contributed by atoms with van der Waals surface area (Å²) in [6.45, 7) is 5.36. The van der Waals surface area contributed by atoms with E-state index >= 15 is 0 Å². The van der Waals surface area contributed by atoms with Crippen molar-refractivity contribution in [3.63, 3.8) is 0 Å². The van der Waals surface area contributed by atoms with Gasteiger partial charge < -0.3 is 15.4 Å². The highest BCUT2D eigenvalue weighted by atomic mass is 16.5. The van der Waals surface area contributed by atoms with E-state index in [-0.39, 0.29) is 23.3 Å². The molecule has 8 nitrogen and oxygen atoms in total. The quantitative estimate of drug-likeness (QED) is 0.557. The van der Waals surface area contributed by atoms with Gasteiger partial charge in [-0.05, 0) is 43.4 Å². The number of rotatable bonds is 5. The van der Waals surface area contributed by atoms with E-state index in [0.29, 0.717) is 18.8 Å². The zero-order chi connectivity index (χ0) is 19.1. The zero-order valence-electron chi connectivity index (χ0n) is 15.6. The Morgan fingerprint density at radius 2 is 1.96 bits per heavy atom. The predicted molar refractivity (Wildman–Crippen MR) is 91.9 cm³/mol. The normalized spacial score (nSPS) is 30.3. The minimum atomic E-state index is -0.943. The van der Waals surface area contributed by atoms with E-state index in [1.54, 1.807) is 0 Å². The summed E-state index contributed by atoms with van der Waals surface area (Å²) in [6.07, 6.45) is 3.98. The molecule has 4 amide bonds. The van der Waals surface area contributed by atoms with E-state index in [1.807, 2.05) is 0 Å². The number of esters is 1. The van der Waals surface area contributed by atoms with Crippen LogP contribution in [-0.4, -0.2) is 53.4 Å². The zero-order valence-corrected chi connectivity index (χ0v) is 15.6. The monoisotopic (exact) mass is 365 g/mol. The molecule has 2 saturated carbocycles. The van der Waals surface area contributed by atoms with Gasteiger partial charge in [0.2, 0.25) is 0 Å². The molecule has 0 aromatic rings. The van der Waals surface area contributed by atoms with Gasteiger partial charge in [0.15, 0.2) is 6.61 Å². The van der Waals surface area contributed by atoms with Crippen LogP contribution in [0.5, 0.6) is 0 Å². The van der Waals surface area contributed by atoms with Crippen LogP contribution in [-0.2, 0) is 19.1 Å². The highest BCUT2D eigenvalue weighted by Crippen LogP contribution is 2.46. The molecular formula is C18H27N3O5. The summed E-state index contributed by atoms with van der Waals surface area (Å²) >= 11 is 0. The summed E-state index contributed by atoms with van der Waals surface area (Å²) in [6, 6.07) is -0.386. The molecule has 1 heterocycles. The van der Waals surface area contributed by atoms with Crippen LogP contribution in [0.2, 0.25) is 0 Å². The Hall–Kier alpha value is -2.12. The van der Waals surface area contributed by atoms with Gasteiger partial charge in [0.25, 0.3) is 11.8 Å². The molecule has 1 spiro atoms. The molecule has 2 N–H and O–H groups in total. The smallest absolute Gasteiger partial charge is 0.326 e. The fourth-order valence-electron chi connectivity index (χ4n) is 4.47. The van der Waals surface area contributed by atoms with E-state index in [0.717, 1.165) is 24.2 Å². The standard InChI is InChI=1S/C18H27N3O5/c1-11-6-17(2,3)10-18(7-11)15(24)21(16(25)20-18)8-14(23)26-9-13(22)19-12-4-5-12/h11-12H,4-10H2,1-3H3,(H,19,22)(H,20,25)/t11-,18-/m0/s1. The van der Waals surface area contributed by atoms with Crippen molar-refractivity contribution in [2.24, 2.45) is 11.3 Å². The molecule has 1 saturated heterocycles. The number of carbonyl (C=O) groups excluding carboxylic acids is 4. The largest absolute Gasteiger partial charge is 0.454 e. The second-order valence-corrected chi connectivity index (χ2v) is 8.76. The molecule has 2 atom stereocenters. The summed E-state index contributed by atoms with van der Waals surface area (Å²) in [5, 5.41) is 5.51. The summed E-state index contributed by atoms with van der Waals surface area (Å²) in [4.78, 5) is 49.7. The fraction of sp³-hybridized carbons (Fsp3) is 0.778. The molecule has 0 unspecified atom stereocenters. The third-order valence-electron chi connectivity index (χ3n) is 5.22. The van der Waals surface area contributed by atoms with E-state index < -0.39 is 30.7 Å². The lowest BCUT2D eigenvalue weighted by Gasteiger charge is -2.43. The van der Waals surface area contributed by atoms with E-state index in [4.69, 9.17) is 4.74 Å². The number of amides is 4. The Kier molecular flexibility index (Phi) is 4.71. The number of nitrogens with one attached hydrogen (secondary N) is 2. The minimum Gasteiger partial charge on any atom is -0.454 e. The molecule has 0 radical (unpaired) electrons.